The minimum Gasteiger partial charge on any atom is -0.492 e. The molecular formula is C26H28N2O8. The van der Waals surface area contributed by atoms with E-state index < -0.39 is 29.9 Å². The average Bonchev–Trinajstić information content (AvgIpc) is 3.36. The van der Waals surface area contributed by atoms with Crippen LogP contribution in [0, 0.1) is 13.8 Å². The smallest absolute Gasteiger partial charge is 0.311 e. The summed E-state index contributed by atoms with van der Waals surface area (Å²) in [4.78, 5) is 47.2. The molecule has 2 aromatic carbocycles. The molecule has 0 saturated carbocycles. The van der Waals surface area contributed by atoms with Crippen molar-refractivity contribution in [1.29, 1.82) is 0 Å². The van der Waals surface area contributed by atoms with Crippen molar-refractivity contribution in [2.75, 3.05) is 6.61 Å². The van der Waals surface area contributed by atoms with E-state index in [4.69, 9.17) is 30.4 Å². The lowest BCUT2D eigenvalue weighted by Crippen LogP contribution is -2.16. The topological polar surface area (TPSA) is 157 Å². The highest BCUT2D eigenvalue weighted by Crippen LogP contribution is 2.41. The second-order valence-corrected chi connectivity index (χ2v) is 9.06. The summed E-state index contributed by atoms with van der Waals surface area (Å²) in [6.07, 6.45) is -0.483. The predicted octanol–water partition coefficient (Wildman–Crippen LogP) is 2.39. The van der Waals surface area contributed by atoms with Gasteiger partial charge < -0.3 is 30.4 Å². The monoisotopic (exact) mass is 496 g/mol. The Kier molecular flexibility index (Phi) is 7.25. The number of primary amides is 2. The van der Waals surface area contributed by atoms with Gasteiger partial charge in [0.05, 0.1) is 38.6 Å². The zero-order valence-corrected chi connectivity index (χ0v) is 20.1. The number of nitrogens with two attached hydrogens (primary N) is 2. The second kappa shape index (κ2) is 10.4. The molecule has 2 aliphatic rings. The Hall–Kier alpha value is -3.92. The van der Waals surface area contributed by atoms with Gasteiger partial charge in [0.25, 0.3) is 0 Å². The first-order valence-electron chi connectivity index (χ1n) is 11.6. The summed E-state index contributed by atoms with van der Waals surface area (Å²) in [6, 6.07) is 6.67. The zero-order chi connectivity index (χ0) is 26.0. The summed E-state index contributed by atoms with van der Waals surface area (Å²) in [5.41, 5.74) is 14.8. The highest BCUT2D eigenvalue weighted by Gasteiger charge is 2.29. The largest absolute Gasteiger partial charge is 0.492 e. The van der Waals surface area contributed by atoms with Gasteiger partial charge in [0, 0.05) is 24.0 Å². The fraction of sp³-hybridized carbons (Fsp3) is 0.385. The number of carbonyl (C=O) groups excluding carboxylic acids is 4. The molecule has 0 bridgehead atoms. The van der Waals surface area contributed by atoms with E-state index in [0.29, 0.717) is 30.5 Å². The summed E-state index contributed by atoms with van der Waals surface area (Å²) in [5, 5.41) is 0. The van der Waals surface area contributed by atoms with E-state index in [1.807, 2.05) is 13.8 Å². The van der Waals surface area contributed by atoms with Crippen LogP contribution in [0.5, 0.6) is 17.2 Å². The van der Waals surface area contributed by atoms with E-state index in [-0.39, 0.29) is 31.6 Å². The van der Waals surface area contributed by atoms with Crippen molar-refractivity contribution in [3.05, 3.63) is 52.1 Å². The van der Waals surface area contributed by atoms with Crippen LogP contribution in [0.3, 0.4) is 0 Å². The molecule has 0 aromatic heterocycles. The van der Waals surface area contributed by atoms with E-state index >= 15 is 0 Å². The number of ether oxygens (including phenoxy) is 4. The molecule has 2 aromatic rings. The van der Waals surface area contributed by atoms with Crippen LogP contribution in [0.25, 0.3) is 0 Å². The van der Waals surface area contributed by atoms with Crippen molar-refractivity contribution >= 4 is 23.8 Å². The van der Waals surface area contributed by atoms with Crippen LogP contribution in [0.15, 0.2) is 24.3 Å². The highest BCUT2D eigenvalue weighted by molar-refractivity contribution is 5.80. The SMILES string of the molecule is Cc1cc(OC(=O)CCC(=O)Oc2cc(C)c3c(c2)COC3CC(N)=O)cc2c1C(CC(N)=O)CO2. The Morgan fingerprint density at radius 1 is 0.861 bits per heavy atom. The molecule has 0 radical (unpaired) electrons. The lowest BCUT2D eigenvalue weighted by atomic mass is 9.93. The minimum atomic E-state index is -0.592. The first-order valence-corrected chi connectivity index (χ1v) is 11.6. The van der Waals surface area contributed by atoms with Crippen LogP contribution >= 0.6 is 0 Å². The fourth-order valence-corrected chi connectivity index (χ4v) is 4.77. The third-order valence-corrected chi connectivity index (χ3v) is 6.21. The Morgan fingerprint density at radius 2 is 1.44 bits per heavy atom. The summed E-state index contributed by atoms with van der Waals surface area (Å²) in [5.74, 6) is -0.974. The molecule has 10 nitrogen and oxygen atoms in total. The van der Waals surface area contributed by atoms with Crippen molar-refractivity contribution in [1.82, 2.24) is 0 Å². The standard InChI is InChI=1S/C26H28N2O8/c1-13-5-17(7-15-11-34-20(25(13)15)10-22(28)30)35-23(31)3-4-24(32)36-18-6-14(2)26-16(8-21(27)29)12-33-19(26)9-18/h5-7,9,16,20H,3-4,8,10-12H2,1-2H3,(H2,27,29)(H2,28,30). The van der Waals surface area contributed by atoms with Gasteiger partial charge in [-0.15, -0.1) is 0 Å². The molecule has 190 valence electrons. The van der Waals surface area contributed by atoms with Crippen molar-refractivity contribution < 1.29 is 38.1 Å². The number of hydrogen-bond donors (Lipinski definition) is 2. The van der Waals surface area contributed by atoms with Crippen LogP contribution in [-0.2, 0) is 30.5 Å². The Balaban J connectivity index is 1.32. The second-order valence-electron chi connectivity index (χ2n) is 9.06. The third kappa shape index (κ3) is 5.65. The lowest BCUT2D eigenvalue weighted by molar-refractivity contribution is -0.140. The van der Waals surface area contributed by atoms with Crippen LogP contribution in [0.4, 0.5) is 0 Å². The molecule has 4 N–H and O–H groups in total. The number of amides is 2. The minimum absolute atomic E-state index is 0.0823. The molecule has 0 aliphatic carbocycles. The fourth-order valence-electron chi connectivity index (χ4n) is 4.77. The molecule has 0 saturated heterocycles. The molecule has 2 atom stereocenters. The number of esters is 2. The maximum Gasteiger partial charge on any atom is 0.311 e. The number of carbonyl (C=O) groups is 4. The number of hydrogen-bond acceptors (Lipinski definition) is 8. The van der Waals surface area contributed by atoms with Crippen molar-refractivity contribution in [2.24, 2.45) is 11.5 Å². The summed E-state index contributed by atoms with van der Waals surface area (Å²) in [7, 11) is 0. The van der Waals surface area contributed by atoms with Gasteiger partial charge in [-0.05, 0) is 54.3 Å². The lowest BCUT2D eigenvalue weighted by Gasteiger charge is -2.13. The molecule has 2 aliphatic heterocycles. The number of fused-ring (bicyclic) bond motifs is 2. The number of rotatable bonds is 9. The van der Waals surface area contributed by atoms with Gasteiger partial charge in [-0.3, -0.25) is 19.2 Å². The normalized spacial score (nSPS) is 17.6. The van der Waals surface area contributed by atoms with Gasteiger partial charge in [-0.2, -0.15) is 0 Å². The van der Waals surface area contributed by atoms with Gasteiger partial charge in [-0.25, -0.2) is 0 Å². The highest BCUT2D eigenvalue weighted by atomic mass is 16.5. The van der Waals surface area contributed by atoms with Crippen molar-refractivity contribution in [2.45, 2.75) is 58.2 Å². The van der Waals surface area contributed by atoms with Crippen LogP contribution < -0.4 is 25.7 Å². The van der Waals surface area contributed by atoms with Gasteiger partial charge in [0.2, 0.25) is 11.8 Å². The number of aryl methyl sites for hydroxylation is 2. The summed E-state index contributed by atoms with van der Waals surface area (Å²) in [6.45, 7) is 4.31. The average molecular weight is 497 g/mol. The molecule has 10 heteroatoms. The van der Waals surface area contributed by atoms with Gasteiger partial charge >= 0.3 is 11.9 Å². The van der Waals surface area contributed by atoms with E-state index in [9.17, 15) is 19.2 Å². The Bertz CT molecular complexity index is 1140. The summed E-state index contributed by atoms with van der Waals surface area (Å²) < 4.78 is 22.1. The first-order chi connectivity index (χ1) is 17.1. The molecule has 2 heterocycles. The van der Waals surface area contributed by atoms with Crippen LogP contribution in [0.2, 0.25) is 0 Å². The summed E-state index contributed by atoms with van der Waals surface area (Å²) >= 11 is 0. The van der Waals surface area contributed by atoms with E-state index in [1.54, 1.807) is 24.3 Å². The van der Waals surface area contributed by atoms with E-state index in [0.717, 1.165) is 27.8 Å². The Labute approximate surface area is 207 Å². The third-order valence-electron chi connectivity index (χ3n) is 6.21. The van der Waals surface area contributed by atoms with Gasteiger partial charge in [0.1, 0.15) is 17.2 Å². The maximum atomic E-state index is 12.3. The predicted molar refractivity (Wildman–Crippen MR) is 126 cm³/mol. The molecule has 36 heavy (non-hydrogen) atoms. The van der Waals surface area contributed by atoms with Crippen molar-refractivity contribution in [3.8, 4) is 17.2 Å². The van der Waals surface area contributed by atoms with Gasteiger partial charge in [0.15, 0.2) is 0 Å². The van der Waals surface area contributed by atoms with E-state index in [1.165, 1.54) is 0 Å². The van der Waals surface area contributed by atoms with Crippen molar-refractivity contribution in [3.63, 3.8) is 0 Å². The van der Waals surface area contributed by atoms with Gasteiger partial charge in [-0.1, -0.05) is 0 Å². The zero-order valence-electron chi connectivity index (χ0n) is 20.1. The quantitative estimate of drug-likeness (QED) is 0.396. The molecule has 4 rings (SSSR count). The van der Waals surface area contributed by atoms with E-state index in [2.05, 4.69) is 0 Å². The molecular weight excluding hydrogens is 468 g/mol. The first kappa shape index (κ1) is 25.2. The molecule has 2 unspecified atom stereocenters. The molecule has 0 spiro atoms. The molecule has 0 fully saturated rings. The van der Waals surface area contributed by atoms with Crippen LogP contribution in [0.1, 0.15) is 65.5 Å². The maximum absolute atomic E-state index is 12.3. The number of benzene rings is 2. The Morgan fingerprint density at radius 3 is 2.06 bits per heavy atom. The van der Waals surface area contributed by atoms with Crippen LogP contribution in [-0.4, -0.2) is 30.4 Å². The molecule has 2 amide bonds.